The van der Waals surface area contributed by atoms with Crippen LogP contribution >= 0.6 is 22.9 Å². The Kier molecular flexibility index (Phi) is 6.01. The van der Waals surface area contributed by atoms with Crippen molar-refractivity contribution in [3.05, 3.63) is 67.9 Å². The second-order valence-corrected chi connectivity index (χ2v) is 7.07. The predicted molar refractivity (Wildman–Crippen MR) is 100 cm³/mol. The van der Waals surface area contributed by atoms with E-state index in [1.165, 1.54) is 17.5 Å². The van der Waals surface area contributed by atoms with E-state index in [2.05, 4.69) is 15.4 Å². The fourth-order valence-corrected chi connectivity index (χ4v) is 3.46. The van der Waals surface area contributed by atoms with Gasteiger partial charge in [-0.2, -0.15) is 23.0 Å². The van der Waals surface area contributed by atoms with E-state index in [0.717, 1.165) is 21.7 Å². The Morgan fingerprint density at radius 1 is 1.29 bits per heavy atom. The van der Waals surface area contributed by atoms with Crippen LogP contribution in [0.25, 0.3) is 5.82 Å². The predicted octanol–water partition coefficient (Wildman–Crippen LogP) is 3.90. The fourth-order valence-electron chi connectivity index (χ4n) is 2.47. The Hall–Kier alpha value is -2.43. The number of hydrogen-bond donors (Lipinski definition) is 2. The summed E-state index contributed by atoms with van der Waals surface area (Å²) in [7, 11) is 0. The Labute approximate surface area is 166 Å². The lowest BCUT2D eigenvalue weighted by atomic mass is 10.1. The van der Waals surface area contributed by atoms with Gasteiger partial charge in [0.25, 0.3) is 5.56 Å². The molecule has 0 aliphatic heterocycles. The van der Waals surface area contributed by atoms with Crippen LogP contribution in [-0.2, 0) is 6.18 Å². The maximum absolute atomic E-state index is 12.6. The second kappa shape index (κ2) is 8.29. The van der Waals surface area contributed by atoms with Crippen molar-refractivity contribution >= 4 is 28.6 Å². The quantitative estimate of drug-likeness (QED) is 0.620. The molecule has 3 heterocycles. The van der Waals surface area contributed by atoms with E-state index < -0.39 is 17.3 Å². The third-order valence-corrected chi connectivity index (χ3v) is 5.20. The third kappa shape index (κ3) is 4.34. The van der Waals surface area contributed by atoms with Gasteiger partial charge in [0, 0.05) is 17.7 Å². The number of halogens is 4. The molecule has 148 valence electrons. The first-order valence-electron chi connectivity index (χ1n) is 8.03. The molecule has 0 radical (unpaired) electrons. The molecule has 0 bridgehead atoms. The van der Waals surface area contributed by atoms with E-state index >= 15 is 0 Å². The molecule has 3 aromatic heterocycles. The molecule has 6 nitrogen and oxygen atoms in total. The highest BCUT2D eigenvalue weighted by atomic mass is 35.5. The normalized spacial score (nSPS) is 12.8. The van der Waals surface area contributed by atoms with Crippen LogP contribution in [0.3, 0.4) is 0 Å². The zero-order valence-corrected chi connectivity index (χ0v) is 15.7. The zero-order valence-electron chi connectivity index (χ0n) is 14.2. The van der Waals surface area contributed by atoms with Gasteiger partial charge < -0.3 is 10.4 Å². The van der Waals surface area contributed by atoms with E-state index in [-0.39, 0.29) is 29.2 Å². The van der Waals surface area contributed by atoms with Crippen LogP contribution in [0, 0.1) is 0 Å². The highest BCUT2D eigenvalue weighted by Crippen LogP contribution is 2.30. The monoisotopic (exact) mass is 430 g/mol. The molecular weight excluding hydrogens is 417 g/mol. The van der Waals surface area contributed by atoms with Gasteiger partial charge in [0.15, 0.2) is 5.82 Å². The number of aliphatic hydroxyl groups excluding tert-OH is 1. The Morgan fingerprint density at radius 3 is 2.64 bits per heavy atom. The molecule has 1 unspecified atom stereocenters. The number of nitrogens with one attached hydrogen (secondary N) is 1. The van der Waals surface area contributed by atoms with Crippen LogP contribution < -0.4 is 10.9 Å². The van der Waals surface area contributed by atoms with E-state index in [4.69, 9.17) is 11.6 Å². The first-order chi connectivity index (χ1) is 13.3. The lowest BCUT2D eigenvalue weighted by Gasteiger charge is -2.18. The van der Waals surface area contributed by atoms with Crippen LogP contribution in [0.15, 0.2) is 46.8 Å². The molecule has 11 heteroatoms. The minimum absolute atomic E-state index is 0.0762. The van der Waals surface area contributed by atoms with Crippen molar-refractivity contribution in [3.63, 3.8) is 0 Å². The van der Waals surface area contributed by atoms with E-state index in [1.807, 2.05) is 17.5 Å². The summed E-state index contributed by atoms with van der Waals surface area (Å²) in [6, 6.07) is 5.32. The average molecular weight is 431 g/mol. The Bertz CT molecular complexity index is 991. The Balaban J connectivity index is 1.90. The lowest BCUT2D eigenvalue weighted by molar-refractivity contribution is -0.137. The highest BCUT2D eigenvalue weighted by molar-refractivity contribution is 7.10. The number of anilines is 1. The van der Waals surface area contributed by atoms with E-state index in [1.54, 1.807) is 0 Å². The van der Waals surface area contributed by atoms with Crippen LogP contribution in [0.2, 0.25) is 5.02 Å². The summed E-state index contributed by atoms with van der Waals surface area (Å²) in [5, 5.41) is 18.0. The molecular formula is C17H14ClF3N4O2S. The van der Waals surface area contributed by atoms with Gasteiger partial charge in [-0.15, -0.1) is 11.3 Å². The molecule has 0 saturated carbocycles. The molecule has 1 atom stereocenters. The largest absolute Gasteiger partial charge is 0.417 e. The van der Waals surface area contributed by atoms with Crippen molar-refractivity contribution in [2.24, 2.45) is 0 Å². The summed E-state index contributed by atoms with van der Waals surface area (Å²) in [6.07, 6.45) is -2.22. The summed E-state index contributed by atoms with van der Waals surface area (Å²) in [5.74, 6) is -0.0865. The van der Waals surface area contributed by atoms with Crippen molar-refractivity contribution in [2.45, 2.75) is 18.6 Å². The van der Waals surface area contributed by atoms with Crippen molar-refractivity contribution < 1.29 is 18.3 Å². The summed E-state index contributed by atoms with van der Waals surface area (Å²) >= 11 is 7.64. The van der Waals surface area contributed by atoms with Crippen LogP contribution in [0.4, 0.5) is 18.9 Å². The van der Waals surface area contributed by atoms with Gasteiger partial charge in [0.05, 0.1) is 23.5 Å². The number of nitrogens with zero attached hydrogens (tertiary/aromatic N) is 3. The minimum atomic E-state index is -4.53. The molecule has 0 saturated heterocycles. The Morgan fingerprint density at radius 2 is 2.07 bits per heavy atom. The number of rotatable bonds is 6. The molecule has 0 amide bonds. The number of aromatic nitrogens is 3. The topological polar surface area (TPSA) is 80.0 Å². The molecule has 3 rings (SSSR count). The first kappa shape index (κ1) is 20.3. The lowest BCUT2D eigenvalue weighted by Crippen LogP contribution is -2.24. The molecule has 0 fully saturated rings. The maximum atomic E-state index is 12.6. The van der Waals surface area contributed by atoms with Crippen LogP contribution in [0.5, 0.6) is 0 Å². The SMILES string of the molecule is O=c1c(Cl)c(NC(CCO)c2cccs2)cnn1-c1ccc(C(F)(F)F)cn1. The summed E-state index contributed by atoms with van der Waals surface area (Å²) < 4.78 is 38.8. The molecule has 0 spiro atoms. The van der Waals surface area contributed by atoms with Gasteiger partial charge in [0.1, 0.15) is 5.02 Å². The zero-order chi connectivity index (χ0) is 20.3. The van der Waals surface area contributed by atoms with Gasteiger partial charge in [-0.3, -0.25) is 4.79 Å². The smallest absolute Gasteiger partial charge is 0.396 e. The van der Waals surface area contributed by atoms with E-state index in [0.29, 0.717) is 12.6 Å². The van der Waals surface area contributed by atoms with E-state index in [9.17, 15) is 23.1 Å². The average Bonchev–Trinajstić information content (AvgIpc) is 3.19. The van der Waals surface area contributed by atoms with Crippen LogP contribution in [-0.4, -0.2) is 26.5 Å². The third-order valence-electron chi connectivity index (χ3n) is 3.85. The highest BCUT2D eigenvalue weighted by Gasteiger charge is 2.30. The summed E-state index contributed by atoms with van der Waals surface area (Å²) in [6.45, 7) is -0.0762. The number of thiophene rings is 1. The minimum Gasteiger partial charge on any atom is -0.396 e. The van der Waals surface area contributed by atoms with Crippen molar-refractivity contribution in [1.29, 1.82) is 0 Å². The van der Waals surface area contributed by atoms with Crippen LogP contribution in [0.1, 0.15) is 22.9 Å². The van der Waals surface area contributed by atoms with Crippen molar-refractivity contribution in [2.75, 3.05) is 11.9 Å². The number of aliphatic hydroxyl groups is 1. The number of pyridine rings is 1. The van der Waals surface area contributed by atoms with Gasteiger partial charge in [-0.05, 0) is 30.0 Å². The van der Waals surface area contributed by atoms with Gasteiger partial charge in [-0.1, -0.05) is 17.7 Å². The molecule has 2 N–H and O–H groups in total. The van der Waals surface area contributed by atoms with Gasteiger partial charge in [0.2, 0.25) is 0 Å². The number of alkyl halides is 3. The summed E-state index contributed by atoms with van der Waals surface area (Å²) in [4.78, 5) is 17.1. The fraction of sp³-hybridized carbons (Fsp3) is 0.235. The maximum Gasteiger partial charge on any atom is 0.417 e. The molecule has 0 aliphatic carbocycles. The molecule has 3 aromatic rings. The van der Waals surface area contributed by atoms with Crippen molar-refractivity contribution in [1.82, 2.24) is 14.8 Å². The second-order valence-electron chi connectivity index (χ2n) is 5.72. The standard InChI is InChI=1S/C17H14ClF3N4O2S/c18-15-12(24-11(5-6-26)13-2-1-7-28-13)9-23-25(16(15)27)14-4-3-10(8-22-14)17(19,20)21/h1-4,7-9,11,24,26H,5-6H2. The van der Waals surface area contributed by atoms with Gasteiger partial charge >= 0.3 is 6.18 Å². The van der Waals surface area contributed by atoms with Gasteiger partial charge in [-0.25, -0.2) is 4.98 Å². The summed E-state index contributed by atoms with van der Waals surface area (Å²) in [5.41, 5.74) is -1.41. The van der Waals surface area contributed by atoms with Crippen molar-refractivity contribution in [3.8, 4) is 5.82 Å². The number of hydrogen-bond acceptors (Lipinski definition) is 6. The molecule has 0 aliphatic rings. The molecule has 0 aromatic carbocycles. The molecule has 28 heavy (non-hydrogen) atoms. The first-order valence-corrected chi connectivity index (χ1v) is 9.29.